The molecule has 0 aliphatic carbocycles. The number of rotatable bonds is 5. The summed E-state index contributed by atoms with van der Waals surface area (Å²) in [4.78, 5) is 14.9. The van der Waals surface area contributed by atoms with Gasteiger partial charge in [0.2, 0.25) is 0 Å². The van der Waals surface area contributed by atoms with E-state index >= 15 is 0 Å². The molecule has 1 aliphatic rings. The Kier molecular flexibility index (Phi) is 4.95. The molecule has 1 aromatic carbocycles. The van der Waals surface area contributed by atoms with Crippen molar-refractivity contribution in [2.45, 2.75) is 46.2 Å². The third kappa shape index (κ3) is 3.55. The zero-order valence-electron chi connectivity index (χ0n) is 16.2. The molecule has 8 heteroatoms. The van der Waals surface area contributed by atoms with Gasteiger partial charge in [0.15, 0.2) is 5.76 Å². The Hall–Kier alpha value is -3.00. The van der Waals surface area contributed by atoms with Crippen molar-refractivity contribution in [2.24, 2.45) is 0 Å². The van der Waals surface area contributed by atoms with E-state index < -0.39 is 0 Å². The number of carbonyl (C=O) groups is 1. The Balaban J connectivity index is 1.43. The minimum absolute atomic E-state index is 0.177. The Morgan fingerprint density at radius 2 is 1.93 bits per heavy atom. The minimum atomic E-state index is -0.177. The van der Waals surface area contributed by atoms with Gasteiger partial charge in [0, 0.05) is 12.1 Å². The number of likely N-dealkylation sites (tertiary alicyclic amines) is 1. The number of carbonyl (C=O) groups excluding carboxylic acids is 1. The molecule has 2 aromatic heterocycles. The number of nitrogens with zero attached hydrogens (tertiary/aromatic N) is 4. The lowest BCUT2D eigenvalue weighted by Gasteiger charge is -2.23. The number of amides is 1. The van der Waals surface area contributed by atoms with Crippen molar-refractivity contribution in [1.82, 2.24) is 20.4 Å². The molecule has 146 valence electrons. The van der Waals surface area contributed by atoms with E-state index in [-0.39, 0.29) is 11.9 Å². The fraction of sp³-hybridized carbons (Fsp3) is 0.400. The molecule has 1 fully saturated rings. The molecule has 8 nitrogen and oxygen atoms in total. The highest BCUT2D eigenvalue weighted by Gasteiger charge is 2.30. The lowest BCUT2D eigenvalue weighted by molar-refractivity contribution is 0.102. The average Bonchev–Trinajstić information content (AvgIpc) is 3.39. The van der Waals surface area contributed by atoms with Gasteiger partial charge in [-0.3, -0.25) is 9.69 Å². The fourth-order valence-electron chi connectivity index (χ4n) is 3.71. The first-order valence-electron chi connectivity index (χ1n) is 9.39. The van der Waals surface area contributed by atoms with Gasteiger partial charge in [0.1, 0.15) is 22.8 Å². The number of benzene rings is 1. The van der Waals surface area contributed by atoms with Crippen LogP contribution in [0.3, 0.4) is 0 Å². The normalized spacial score (nSPS) is 17.2. The Bertz CT molecular complexity index is 957. The van der Waals surface area contributed by atoms with E-state index in [4.69, 9.17) is 9.15 Å². The molecule has 1 saturated heterocycles. The van der Waals surface area contributed by atoms with Gasteiger partial charge in [-0.15, -0.1) is 0 Å². The van der Waals surface area contributed by atoms with Crippen molar-refractivity contribution in [3.05, 3.63) is 58.2 Å². The van der Waals surface area contributed by atoms with Crippen molar-refractivity contribution in [3.8, 4) is 0 Å². The Morgan fingerprint density at radius 1 is 1.14 bits per heavy atom. The molecule has 0 bridgehead atoms. The summed E-state index contributed by atoms with van der Waals surface area (Å²) in [6.45, 7) is 7.30. The molecule has 28 heavy (non-hydrogen) atoms. The highest BCUT2D eigenvalue weighted by Crippen LogP contribution is 2.33. The van der Waals surface area contributed by atoms with Crippen molar-refractivity contribution >= 4 is 11.6 Å². The average molecular weight is 381 g/mol. The standard InChI is InChI=1S/C20H23N5O3/c1-12-18(14(3)27-22-12)21-20(26)16-8-6-15(7-9-16)11-25-10-4-5-17(25)19-13(2)23-28-24-19/h6-9,17H,4-5,10-11H2,1-3H3,(H,21,26)/t17-/m1/s1. The van der Waals surface area contributed by atoms with E-state index in [0.29, 0.717) is 22.7 Å². The summed E-state index contributed by atoms with van der Waals surface area (Å²) in [7, 11) is 0. The Morgan fingerprint density at radius 3 is 2.57 bits per heavy atom. The first kappa shape index (κ1) is 18.4. The minimum Gasteiger partial charge on any atom is -0.359 e. The molecule has 1 amide bonds. The predicted octanol–water partition coefficient (Wildman–Crippen LogP) is 3.57. The van der Waals surface area contributed by atoms with Crippen LogP contribution in [0.5, 0.6) is 0 Å². The number of aryl methyl sites for hydroxylation is 3. The quantitative estimate of drug-likeness (QED) is 0.721. The van der Waals surface area contributed by atoms with Crippen LogP contribution in [-0.4, -0.2) is 32.8 Å². The van der Waals surface area contributed by atoms with Gasteiger partial charge in [-0.25, -0.2) is 4.63 Å². The van der Waals surface area contributed by atoms with Gasteiger partial charge in [0.05, 0.1) is 6.04 Å². The molecule has 0 spiro atoms. The number of aromatic nitrogens is 3. The van der Waals surface area contributed by atoms with Crippen LogP contribution in [0.2, 0.25) is 0 Å². The van der Waals surface area contributed by atoms with Gasteiger partial charge in [-0.05, 0) is 57.9 Å². The van der Waals surface area contributed by atoms with Crippen molar-refractivity contribution in [2.75, 3.05) is 11.9 Å². The Labute approximate surface area is 162 Å². The van der Waals surface area contributed by atoms with Gasteiger partial charge >= 0.3 is 0 Å². The van der Waals surface area contributed by atoms with Crippen LogP contribution in [0.15, 0.2) is 33.4 Å². The summed E-state index contributed by atoms with van der Waals surface area (Å²) in [6.07, 6.45) is 2.17. The molecular formula is C20H23N5O3. The third-order valence-electron chi connectivity index (χ3n) is 5.24. The number of hydrogen-bond donors (Lipinski definition) is 1. The largest absolute Gasteiger partial charge is 0.359 e. The number of hydrogen-bond acceptors (Lipinski definition) is 7. The fourth-order valence-corrected chi connectivity index (χ4v) is 3.71. The van der Waals surface area contributed by atoms with Crippen molar-refractivity contribution in [1.29, 1.82) is 0 Å². The summed E-state index contributed by atoms with van der Waals surface area (Å²) < 4.78 is 9.96. The van der Waals surface area contributed by atoms with Gasteiger partial charge in [-0.2, -0.15) is 0 Å². The van der Waals surface area contributed by atoms with Crippen LogP contribution in [0.25, 0.3) is 0 Å². The smallest absolute Gasteiger partial charge is 0.255 e. The zero-order valence-corrected chi connectivity index (χ0v) is 16.2. The lowest BCUT2D eigenvalue weighted by Crippen LogP contribution is -2.23. The molecule has 3 heterocycles. The molecule has 0 radical (unpaired) electrons. The van der Waals surface area contributed by atoms with Crippen molar-refractivity contribution < 1.29 is 13.9 Å². The van der Waals surface area contributed by atoms with E-state index in [0.717, 1.165) is 42.9 Å². The zero-order chi connectivity index (χ0) is 19.7. The maximum Gasteiger partial charge on any atom is 0.255 e. The topological polar surface area (TPSA) is 97.3 Å². The monoisotopic (exact) mass is 381 g/mol. The van der Waals surface area contributed by atoms with E-state index in [1.807, 2.05) is 31.2 Å². The molecule has 1 atom stereocenters. The molecule has 4 rings (SSSR count). The van der Waals surface area contributed by atoms with Crippen LogP contribution < -0.4 is 5.32 Å². The van der Waals surface area contributed by atoms with E-state index in [1.54, 1.807) is 13.8 Å². The number of nitrogens with one attached hydrogen (secondary N) is 1. The highest BCUT2D eigenvalue weighted by molar-refractivity contribution is 6.04. The van der Waals surface area contributed by atoms with Gasteiger partial charge < -0.3 is 9.84 Å². The van der Waals surface area contributed by atoms with Crippen LogP contribution >= 0.6 is 0 Å². The molecular weight excluding hydrogens is 358 g/mol. The van der Waals surface area contributed by atoms with Crippen molar-refractivity contribution in [3.63, 3.8) is 0 Å². The molecule has 0 unspecified atom stereocenters. The van der Waals surface area contributed by atoms with Crippen LogP contribution in [0, 0.1) is 20.8 Å². The van der Waals surface area contributed by atoms with Crippen LogP contribution in [0.4, 0.5) is 5.69 Å². The van der Waals surface area contributed by atoms with Gasteiger partial charge in [0.25, 0.3) is 5.91 Å². The second-order valence-electron chi connectivity index (χ2n) is 7.21. The first-order chi connectivity index (χ1) is 13.5. The molecule has 1 aliphatic heterocycles. The maximum absolute atomic E-state index is 12.5. The lowest BCUT2D eigenvalue weighted by atomic mass is 10.1. The summed E-state index contributed by atoms with van der Waals surface area (Å²) in [5.41, 5.74) is 4.81. The third-order valence-corrected chi connectivity index (χ3v) is 5.24. The maximum atomic E-state index is 12.5. The molecule has 3 aromatic rings. The van der Waals surface area contributed by atoms with E-state index in [9.17, 15) is 4.79 Å². The molecule has 1 N–H and O–H groups in total. The van der Waals surface area contributed by atoms with Crippen LogP contribution in [0.1, 0.15) is 57.6 Å². The molecule has 0 saturated carbocycles. The second kappa shape index (κ2) is 7.55. The van der Waals surface area contributed by atoms with Crippen LogP contribution in [-0.2, 0) is 6.54 Å². The van der Waals surface area contributed by atoms with Gasteiger partial charge in [-0.1, -0.05) is 27.6 Å². The summed E-state index contributed by atoms with van der Waals surface area (Å²) in [5.74, 6) is 0.421. The highest BCUT2D eigenvalue weighted by atomic mass is 16.6. The number of anilines is 1. The predicted molar refractivity (Wildman–Crippen MR) is 102 cm³/mol. The van der Waals surface area contributed by atoms with E-state index in [2.05, 4.69) is 25.7 Å². The first-order valence-corrected chi connectivity index (χ1v) is 9.39. The van der Waals surface area contributed by atoms with E-state index in [1.165, 1.54) is 0 Å². The second-order valence-corrected chi connectivity index (χ2v) is 7.21. The SMILES string of the molecule is Cc1nonc1[C@H]1CCCN1Cc1ccc(C(=O)Nc2c(C)noc2C)cc1. The summed E-state index contributed by atoms with van der Waals surface area (Å²) in [6, 6.07) is 7.90. The summed E-state index contributed by atoms with van der Waals surface area (Å²) in [5, 5.41) is 14.7. The summed E-state index contributed by atoms with van der Waals surface area (Å²) >= 11 is 0.